The molecule has 0 fully saturated rings. The molecule has 0 atom stereocenters. The van der Waals surface area contributed by atoms with E-state index in [2.05, 4.69) is 20.4 Å². The number of nitrogens with zero attached hydrogens (tertiary/aromatic N) is 5. The van der Waals surface area contributed by atoms with Crippen molar-refractivity contribution in [2.45, 2.75) is 6.54 Å². The Labute approximate surface area is 204 Å². The van der Waals surface area contributed by atoms with E-state index in [4.69, 9.17) is 28.0 Å². The van der Waals surface area contributed by atoms with Crippen molar-refractivity contribution in [1.82, 2.24) is 14.5 Å². The molecule has 1 amide bonds. The van der Waals surface area contributed by atoms with E-state index >= 15 is 0 Å². The van der Waals surface area contributed by atoms with Crippen molar-refractivity contribution in [2.24, 2.45) is 16.8 Å². The topological polar surface area (TPSA) is 154 Å². The molecule has 4 aromatic rings. The fourth-order valence-corrected chi connectivity index (χ4v) is 3.70. The van der Waals surface area contributed by atoms with Gasteiger partial charge in [0.15, 0.2) is 0 Å². The third-order valence-electron chi connectivity index (χ3n) is 5.09. The van der Waals surface area contributed by atoms with Gasteiger partial charge in [-0.2, -0.15) is 5.10 Å². The van der Waals surface area contributed by atoms with Crippen LogP contribution in [0.1, 0.15) is 0 Å². The Morgan fingerprint density at radius 3 is 2.69 bits per heavy atom. The average molecular weight is 493 g/mol. The number of fused-ring (bicyclic) bond motifs is 1. The number of benzene rings is 2. The molecule has 12 heteroatoms. The van der Waals surface area contributed by atoms with E-state index in [9.17, 15) is 9.59 Å². The number of nitrogens with two attached hydrogens (primary N) is 2. The highest BCUT2D eigenvalue weighted by Gasteiger charge is 2.17. The number of ether oxygens (including phenoxy) is 1. The second-order valence-corrected chi connectivity index (χ2v) is 7.80. The van der Waals surface area contributed by atoms with Crippen LogP contribution in [0.25, 0.3) is 22.2 Å². The summed E-state index contributed by atoms with van der Waals surface area (Å²) in [5, 5.41) is 7.80. The molecule has 0 radical (unpaired) electrons. The fraction of sp³-hybridized carbons (Fsp3) is 0.0870. The van der Waals surface area contributed by atoms with Crippen LogP contribution in [0.5, 0.6) is 5.75 Å². The minimum atomic E-state index is -0.428. The summed E-state index contributed by atoms with van der Waals surface area (Å²) in [6.07, 6.45) is 5.82. The van der Waals surface area contributed by atoms with Crippen molar-refractivity contribution in [3.05, 3.63) is 76.4 Å². The average Bonchev–Trinajstić information content (AvgIpc) is 2.85. The predicted octanol–water partition coefficient (Wildman–Crippen LogP) is 2.34. The first kappa shape index (κ1) is 23.7. The number of hydrazine groups is 1. The van der Waals surface area contributed by atoms with Gasteiger partial charge in [-0.1, -0.05) is 11.6 Å². The summed E-state index contributed by atoms with van der Waals surface area (Å²) in [6, 6.07) is 11.5. The van der Waals surface area contributed by atoms with Crippen LogP contribution in [-0.4, -0.2) is 33.9 Å². The lowest BCUT2D eigenvalue weighted by Gasteiger charge is -2.19. The number of anilines is 2. The first-order valence-electron chi connectivity index (χ1n) is 10.3. The molecule has 2 heterocycles. The van der Waals surface area contributed by atoms with Gasteiger partial charge >= 0.3 is 0 Å². The Morgan fingerprint density at radius 2 is 1.94 bits per heavy atom. The quantitative estimate of drug-likeness (QED) is 0.154. The molecule has 11 nitrogen and oxygen atoms in total. The van der Waals surface area contributed by atoms with Crippen molar-refractivity contribution < 1.29 is 9.53 Å². The number of nitrogens with one attached hydrogen (secondary N) is 1. The molecular weight excluding hydrogens is 472 g/mol. The van der Waals surface area contributed by atoms with Gasteiger partial charge in [0.05, 0.1) is 30.0 Å². The highest BCUT2D eigenvalue weighted by Crippen LogP contribution is 2.36. The van der Waals surface area contributed by atoms with E-state index in [1.54, 1.807) is 48.8 Å². The Kier molecular flexibility index (Phi) is 6.90. The number of carbonyl (C=O) groups excluding carboxylic acids is 1. The molecule has 0 spiro atoms. The van der Waals surface area contributed by atoms with Gasteiger partial charge in [0.25, 0.3) is 5.56 Å². The predicted molar refractivity (Wildman–Crippen MR) is 135 cm³/mol. The van der Waals surface area contributed by atoms with Gasteiger partial charge in [-0.05, 0) is 36.4 Å². The normalized spacial score (nSPS) is 11.1. The molecule has 0 bridgehead atoms. The van der Waals surface area contributed by atoms with Crippen LogP contribution in [0.2, 0.25) is 5.02 Å². The first-order valence-corrected chi connectivity index (χ1v) is 10.6. The minimum absolute atomic E-state index is 0.237. The second-order valence-electron chi connectivity index (χ2n) is 7.36. The number of amides is 1. The van der Waals surface area contributed by atoms with Gasteiger partial charge in [-0.25, -0.2) is 5.84 Å². The molecule has 0 saturated carbocycles. The molecular formula is C23H21ClN8O3. The van der Waals surface area contributed by atoms with Crippen molar-refractivity contribution in [3.8, 4) is 16.9 Å². The number of hydrogen-bond acceptors (Lipinski definition) is 8. The van der Waals surface area contributed by atoms with E-state index in [0.29, 0.717) is 44.3 Å². The van der Waals surface area contributed by atoms with E-state index < -0.39 is 11.5 Å². The summed E-state index contributed by atoms with van der Waals surface area (Å²) in [4.78, 5) is 34.0. The minimum Gasteiger partial charge on any atom is -0.495 e. The zero-order valence-corrected chi connectivity index (χ0v) is 19.3. The number of aromatic nitrogens is 3. The number of halogens is 1. The Balaban J connectivity index is 1.64. The van der Waals surface area contributed by atoms with Crippen molar-refractivity contribution >= 4 is 46.3 Å². The lowest BCUT2D eigenvalue weighted by molar-refractivity contribution is -0.116. The van der Waals surface area contributed by atoms with E-state index in [0.717, 1.165) is 0 Å². The van der Waals surface area contributed by atoms with Crippen LogP contribution >= 0.6 is 11.6 Å². The van der Waals surface area contributed by atoms with Crippen molar-refractivity contribution in [2.75, 3.05) is 17.4 Å². The maximum atomic E-state index is 12.9. The van der Waals surface area contributed by atoms with Crippen LogP contribution < -0.4 is 32.3 Å². The van der Waals surface area contributed by atoms with Gasteiger partial charge in [0, 0.05) is 40.3 Å². The highest BCUT2D eigenvalue weighted by molar-refractivity contribution is 6.31. The van der Waals surface area contributed by atoms with Crippen LogP contribution in [0.15, 0.2) is 71.0 Å². The van der Waals surface area contributed by atoms with Crippen LogP contribution in [0.4, 0.5) is 11.4 Å². The Morgan fingerprint density at radius 1 is 1.17 bits per heavy atom. The van der Waals surface area contributed by atoms with Crippen LogP contribution in [0, 0.1) is 0 Å². The molecule has 0 saturated heterocycles. The van der Waals surface area contributed by atoms with Gasteiger partial charge in [0.2, 0.25) is 5.91 Å². The molecule has 35 heavy (non-hydrogen) atoms. The summed E-state index contributed by atoms with van der Waals surface area (Å²) in [6.45, 7) is -0.237. The largest absolute Gasteiger partial charge is 0.495 e. The van der Waals surface area contributed by atoms with Crippen molar-refractivity contribution in [3.63, 3.8) is 0 Å². The lowest BCUT2D eigenvalue weighted by atomic mass is 10.0. The summed E-state index contributed by atoms with van der Waals surface area (Å²) < 4.78 is 6.75. The fourth-order valence-electron chi connectivity index (χ4n) is 3.53. The summed E-state index contributed by atoms with van der Waals surface area (Å²) in [7, 11) is 1.45. The summed E-state index contributed by atoms with van der Waals surface area (Å²) >= 11 is 6.19. The van der Waals surface area contributed by atoms with Crippen LogP contribution in [0.3, 0.4) is 0 Å². The number of methoxy groups -OCH3 is 1. The van der Waals surface area contributed by atoms with E-state index in [1.807, 2.05) is 0 Å². The van der Waals surface area contributed by atoms with Gasteiger partial charge in [-0.3, -0.25) is 24.6 Å². The molecule has 2 aromatic carbocycles. The number of pyridine rings is 1. The molecule has 0 aliphatic heterocycles. The van der Waals surface area contributed by atoms with E-state index in [1.165, 1.54) is 35.3 Å². The summed E-state index contributed by atoms with van der Waals surface area (Å²) in [5.41, 5.74) is 2.88. The number of hydrazone groups is 1. The smallest absolute Gasteiger partial charge is 0.251 e. The Bertz CT molecular complexity index is 1490. The molecule has 2 aromatic heterocycles. The Hall–Kier alpha value is -4.48. The van der Waals surface area contributed by atoms with Gasteiger partial charge in [-0.15, -0.1) is 0 Å². The van der Waals surface area contributed by atoms with Gasteiger partial charge in [0.1, 0.15) is 18.6 Å². The third kappa shape index (κ3) is 5.21. The van der Waals surface area contributed by atoms with Crippen molar-refractivity contribution in [1.29, 1.82) is 0 Å². The highest BCUT2D eigenvalue weighted by atomic mass is 35.5. The number of rotatable bonds is 7. The number of carbonyl (C=O) groups is 1. The maximum Gasteiger partial charge on any atom is 0.251 e. The zero-order chi connectivity index (χ0) is 24.9. The zero-order valence-electron chi connectivity index (χ0n) is 18.6. The SMILES string of the molecule is COc1cn(CC(=O)Nc2ccc3nccnc3c2)c(=O)cc1-c1cc(Cl)ccc1N(N)/C=N\N. The van der Waals surface area contributed by atoms with E-state index in [-0.39, 0.29) is 6.54 Å². The second kappa shape index (κ2) is 10.2. The monoisotopic (exact) mass is 492 g/mol. The van der Waals surface area contributed by atoms with Gasteiger partial charge < -0.3 is 20.5 Å². The molecule has 0 unspecified atom stereocenters. The number of hydrogen-bond donors (Lipinski definition) is 3. The molecule has 4 rings (SSSR count). The maximum absolute atomic E-state index is 12.9. The standard InChI is InChI=1S/C23H21ClN8O3/c1-35-21-11-31(12-22(33)30-15-3-4-18-19(9-15)28-7-6-27-18)23(34)10-17(21)16-8-14(24)2-5-20(16)32(26)13-29-25/h2-11,13H,12,25-26H2,1H3,(H,30,33)/b29-13-. The van der Waals surface area contributed by atoms with Crippen LogP contribution in [-0.2, 0) is 11.3 Å². The lowest BCUT2D eigenvalue weighted by Crippen LogP contribution is -2.30. The molecule has 0 aliphatic rings. The molecule has 178 valence electrons. The third-order valence-corrected chi connectivity index (χ3v) is 5.33. The first-order chi connectivity index (χ1) is 16.9. The summed E-state index contributed by atoms with van der Waals surface area (Å²) in [5.74, 6) is 11.1. The molecule has 5 N–H and O–H groups in total. The molecule has 0 aliphatic carbocycles.